The fraction of sp³-hybridized carbons (Fsp3) is 0.267. The molecule has 25 heavy (non-hydrogen) atoms. The fourth-order valence-corrected chi connectivity index (χ4v) is 4.58. The summed E-state index contributed by atoms with van der Waals surface area (Å²) in [6.07, 6.45) is 1.45. The molecule has 0 spiro atoms. The van der Waals surface area contributed by atoms with Crippen LogP contribution < -0.4 is 14.9 Å². The number of hydrogen-bond donors (Lipinski definition) is 2. The topological polar surface area (TPSA) is 108 Å². The number of nitrogens with one attached hydrogen (secondary N) is 2. The fourth-order valence-electron chi connectivity index (χ4n) is 2.03. The predicted octanol–water partition coefficient (Wildman–Crippen LogP) is 1.57. The van der Waals surface area contributed by atoms with Gasteiger partial charge in [0.05, 0.1) is 4.90 Å². The summed E-state index contributed by atoms with van der Waals surface area (Å²) in [4.78, 5) is 27.9. The minimum Gasteiger partial charge on any atom is -0.338 e. The maximum atomic E-state index is 13.0. The molecular weight excluding hydrogens is 364 g/mol. The molecule has 0 aliphatic heterocycles. The van der Waals surface area contributed by atoms with Crippen LogP contribution in [0.4, 0.5) is 9.93 Å². The van der Waals surface area contributed by atoms with E-state index >= 15 is 0 Å². The number of nitrogens with zero attached hydrogens (tertiary/aromatic N) is 2. The van der Waals surface area contributed by atoms with E-state index in [0.717, 1.165) is 15.6 Å². The highest BCUT2D eigenvalue weighted by molar-refractivity contribution is 7.93. The highest BCUT2D eigenvalue weighted by Crippen LogP contribution is 2.27. The molecule has 0 radical (unpaired) electrons. The second-order valence-electron chi connectivity index (χ2n) is 4.95. The van der Waals surface area contributed by atoms with Crippen molar-refractivity contribution in [1.82, 2.24) is 15.6 Å². The number of imide groups is 1. The zero-order valence-electron chi connectivity index (χ0n) is 13.7. The van der Waals surface area contributed by atoms with E-state index in [1.165, 1.54) is 25.3 Å². The summed E-state index contributed by atoms with van der Waals surface area (Å²) in [6.45, 7) is 3.44. The quantitative estimate of drug-likeness (QED) is 0.788. The molecule has 0 aliphatic rings. The van der Waals surface area contributed by atoms with Crippen molar-refractivity contribution >= 4 is 38.4 Å². The minimum atomic E-state index is -4.03. The van der Waals surface area contributed by atoms with Crippen molar-refractivity contribution in [2.75, 3.05) is 10.8 Å². The standard InChI is InChI=1S/C15H18N4O4S2/c1-3-16-14(21)18-13(20)11(2)19(15-17-9-10-24-15)25(22,23)12-7-5-4-6-8-12/h4-11H,3H2,1-2H3,(H2,16,18,20,21)/t11-/m1/s1. The average Bonchev–Trinajstić information content (AvgIpc) is 3.09. The van der Waals surface area contributed by atoms with Crippen LogP contribution in [0.2, 0.25) is 0 Å². The molecule has 0 aliphatic carbocycles. The van der Waals surface area contributed by atoms with Gasteiger partial charge >= 0.3 is 6.03 Å². The van der Waals surface area contributed by atoms with E-state index in [4.69, 9.17) is 0 Å². The molecule has 1 heterocycles. The lowest BCUT2D eigenvalue weighted by molar-refractivity contribution is -0.120. The number of carbonyl (C=O) groups excluding carboxylic acids is 2. The molecule has 0 saturated carbocycles. The van der Waals surface area contributed by atoms with Gasteiger partial charge in [-0.1, -0.05) is 18.2 Å². The SMILES string of the molecule is CCNC(=O)NC(=O)[C@@H](C)N(c1nccs1)S(=O)(=O)c1ccccc1. The van der Waals surface area contributed by atoms with Gasteiger partial charge in [-0.3, -0.25) is 10.1 Å². The lowest BCUT2D eigenvalue weighted by atomic mass is 10.3. The first-order valence-electron chi connectivity index (χ1n) is 7.45. The molecule has 1 aromatic carbocycles. The largest absolute Gasteiger partial charge is 0.338 e. The summed E-state index contributed by atoms with van der Waals surface area (Å²) < 4.78 is 26.9. The normalized spacial score (nSPS) is 12.2. The Balaban J connectivity index is 2.38. The molecule has 0 fully saturated rings. The van der Waals surface area contributed by atoms with Gasteiger partial charge < -0.3 is 5.32 Å². The van der Waals surface area contributed by atoms with Gasteiger partial charge in [0.1, 0.15) is 6.04 Å². The first kappa shape index (κ1) is 18.9. The predicted molar refractivity (Wildman–Crippen MR) is 94.9 cm³/mol. The monoisotopic (exact) mass is 382 g/mol. The summed E-state index contributed by atoms with van der Waals surface area (Å²) in [5.41, 5.74) is 0. The van der Waals surface area contributed by atoms with Crippen LogP contribution >= 0.6 is 11.3 Å². The van der Waals surface area contributed by atoms with Crippen LogP contribution in [0.5, 0.6) is 0 Å². The summed E-state index contributed by atoms with van der Waals surface area (Å²) in [6, 6.07) is 5.89. The van der Waals surface area contributed by atoms with E-state index in [9.17, 15) is 18.0 Å². The van der Waals surface area contributed by atoms with Crippen LogP contribution in [0, 0.1) is 0 Å². The van der Waals surface area contributed by atoms with Gasteiger partial charge in [-0.15, -0.1) is 11.3 Å². The van der Waals surface area contributed by atoms with E-state index in [2.05, 4.69) is 15.6 Å². The highest BCUT2D eigenvalue weighted by Gasteiger charge is 2.35. The van der Waals surface area contributed by atoms with Crippen molar-refractivity contribution in [1.29, 1.82) is 0 Å². The molecule has 2 rings (SSSR count). The maximum Gasteiger partial charge on any atom is 0.321 e. The number of hydrogen-bond acceptors (Lipinski definition) is 6. The minimum absolute atomic E-state index is 0.0304. The molecule has 1 atom stereocenters. The number of amides is 3. The third-order valence-electron chi connectivity index (χ3n) is 3.21. The summed E-state index contributed by atoms with van der Waals surface area (Å²) >= 11 is 1.08. The van der Waals surface area contributed by atoms with Crippen LogP contribution in [-0.4, -0.2) is 37.9 Å². The van der Waals surface area contributed by atoms with Crippen LogP contribution in [0.15, 0.2) is 46.8 Å². The van der Waals surface area contributed by atoms with Gasteiger partial charge in [-0.05, 0) is 26.0 Å². The maximum absolute atomic E-state index is 13.0. The van der Waals surface area contributed by atoms with Crippen molar-refractivity contribution in [3.8, 4) is 0 Å². The molecule has 3 amide bonds. The average molecular weight is 382 g/mol. The van der Waals surface area contributed by atoms with Gasteiger partial charge in [0.25, 0.3) is 15.9 Å². The molecule has 0 bridgehead atoms. The molecule has 8 nitrogen and oxygen atoms in total. The third kappa shape index (κ3) is 4.34. The number of thiazole rings is 1. The van der Waals surface area contributed by atoms with E-state index in [1.54, 1.807) is 30.5 Å². The third-order valence-corrected chi connectivity index (χ3v) is 5.97. The van der Waals surface area contributed by atoms with Crippen molar-refractivity contribution < 1.29 is 18.0 Å². The Morgan fingerprint density at radius 2 is 1.96 bits per heavy atom. The lowest BCUT2D eigenvalue weighted by Gasteiger charge is -2.27. The first-order chi connectivity index (χ1) is 11.9. The number of carbonyl (C=O) groups is 2. The Morgan fingerprint density at radius 3 is 2.52 bits per heavy atom. The van der Waals surface area contributed by atoms with Crippen LogP contribution in [0.1, 0.15) is 13.8 Å². The molecule has 0 saturated heterocycles. The molecule has 134 valence electrons. The highest BCUT2D eigenvalue weighted by atomic mass is 32.2. The van der Waals surface area contributed by atoms with E-state index < -0.39 is 28.0 Å². The number of anilines is 1. The van der Waals surface area contributed by atoms with Crippen molar-refractivity contribution in [3.05, 3.63) is 41.9 Å². The first-order valence-corrected chi connectivity index (χ1v) is 9.77. The van der Waals surface area contributed by atoms with E-state index in [1.807, 2.05) is 0 Å². The number of rotatable bonds is 6. The number of aromatic nitrogens is 1. The zero-order chi connectivity index (χ0) is 18.4. The Hall–Kier alpha value is -2.46. The molecule has 2 aromatic rings. The van der Waals surface area contributed by atoms with Crippen molar-refractivity contribution in [3.63, 3.8) is 0 Å². The Kier molecular flexibility index (Phi) is 6.10. The van der Waals surface area contributed by atoms with Crippen molar-refractivity contribution in [2.24, 2.45) is 0 Å². The van der Waals surface area contributed by atoms with Gasteiger partial charge in [0, 0.05) is 18.1 Å². The number of benzene rings is 1. The molecular formula is C15H18N4O4S2. The van der Waals surface area contributed by atoms with Crippen LogP contribution in [0.3, 0.4) is 0 Å². The molecule has 1 aromatic heterocycles. The summed E-state index contributed by atoms with van der Waals surface area (Å²) in [5.74, 6) is -0.749. The van der Waals surface area contributed by atoms with Crippen molar-refractivity contribution in [2.45, 2.75) is 24.8 Å². The van der Waals surface area contributed by atoms with E-state index in [-0.39, 0.29) is 10.0 Å². The zero-order valence-corrected chi connectivity index (χ0v) is 15.3. The second kappa shape index (κ2) is 8.08. The Labute approximate surface area is 149 Å². The van der Waals surface area contributed by atoms with Gasteiger partial charge in [-0.2, -0.15) is 0 Å². The van der Waals surface area contributed by atoms with Gasteiger partial charge in [-0.25, -0.2) is 22.5 Å². The number of urea groups is 1. The summed E-state index contributed by atoms with van der Waals surface area (Å²) in [7, 11) is -4.03. The van der Waals surface area contributed by atoms with Crippen LogP contribution in [-0.2, 0) is 14.8 Å². The smallest absolute Gasteiger partial charge is 0.321 e. The second-order valence-corrected chi connectivity index (χ2v) is 7.64. The van der Waals surface area contributed by atoms with Gasteiger partial charge in [0.15, 0.2) is 5.13 Å². The summed E-state index contributed by atoms with van der Waals surface area (Å²) in [5, 5.41) is 6.30. The van der Waals surface area contributed by atoms with Gasteiger partial charge in [0.2, 0.25) is 0 Å². The molecule has 2 N–H and O–H groups in total. The number of sulfonamides is 1. The Morgan fingerprint density at radius 1 is 1.28 bits per heavy atom. The Bertz CT molecular complexity index is 822. The van der Waals surface area contributed by atoms with E-state index in [0.29, 0.717) is 6.54 Å². The molecule has 10 heteroatoms. The van der Waals surface area contributed by atoms with Crippen LogP contribution in [0.25, 0.3) is 0 Å². The molecule has 0 unspecified atom stereocenters. The lowest BCUT2D eigenvalue weighted by Crippen LogP contribution is -2.51.